The third-order valence-electron chi connectivity index (χ3n) is 8.63. The van der Waals surface area contributed by atoms with Gasteiger partial charge in [0.15, 0.2) is 0 Å². The molecule has 12 heteroatoms. The normalized spacial score (nSPS) is 33.1. The van der Waals surface area contributed by atoms with Crippen LogP contribution in [0.4, 0.5) is 8.78 Å². The van der Waals surface area contributed by atoms with Crippen LogP contribution in [0, 0.1) is 34.5 Å². The quantitative estimate of drug-likeness (QED) is 0.334. The average molecular weight is 484 g/mol. The van der Waals surface area contributed by atoms with Crippen LogP contribution in [0.5, 0.6) is 0 Å². The van der Waals surface area contributed by atoms with Crippen LogP contribution in [0.15, 0.2) is 0 Å². The fourth-order valence-electron chi connectivity index (χ4n) is 6.82. The first-order chi connectivity index (χ1) is 15.9. The van der Waals surface area contributed by atoms with E-state index >= 15 is 0 Å². The Hall–Kier alpha value is -2.79. The number of rotatable bonds is 9. The number of amides is 5. The molecule has 0 aromatic heterocycles. The third-order valence-corrected chi connectivity index (χ3v) is 8.63. The molecule has 188 valence electrons. The van der Waals surface area contributed by atoms with E-state index in [9.17, 15) is 32.8 Å². The summed E-state index contributed by atoms with van der Waals surface area (Å²) in [5, 5.41) is 4.84. The molecule has 2 heterocycles. The Morgan fingerprint density at radius 2 is 1.82 bits per heavy atom. The molecule has 0 bridgehead atoms. The van der Waals surface area contributed by atoms with E-state index in [0.29, 0.717) is 25.8 Å². The van der Waals surface area contributed by atoms with Crippen molar-refractivity contribution in [2.24, 2.45) is 46.0 Å². The molecule has 2 aliphatic carbocycles. The molecule has 2 saturated carbocycles. The molecule has 0 spiro atoms. The molecule has 0 radical (unpaired) electrons. The molecule has 5 amide bonds. The molecule has 6 N–H and O–H groups in total. The number of nitrogens with two attached hydrogens (primary N) is 2. The van der Waals surface area contributed by atoms with Gasteiger partial charge in [-0.3, -0.25) is 24.0 Å². The minimum absolute atomic E-state index is 0.0772. The number of halogens is 2. The summed E-state index contributed by atoms with van der Waals surface area (Å²) in [6.45, 7) is 4.30. The maximum absolute atomic E-state index is 13.5. The summed E-state index contributed by atoms with van der Waals surface area (Å²) in [5.74, 6) is -5.89. The number of nitrogens with one attached hydrogen (secondary N) is 2. The molecule has 3 unspecified atom stereocenters. The first-order valence-corrected chi connectivity index (χ1v) is 11.6. The van der Waals surface area contributed by atoms with Crippen molar-refractivity contribution in [3.05, 3.63) is 0 Å². The van der Waals surface area contributed by atoms with Crippen LogP contribution in [-0.2, 0) is 24.0 Å². The Labute approximate surface area is 195 Å². The van der Waals surface area contributed by atoms with E-state index in [0.717, 1.165) is 0 Å². The second-order valence-electron chi connectivity index (χ2n) is 10.6. The zero-order valence-electron chi connectivity index (χ0n) is 19.2. The van der Waals surface area contributed by atoms with Crippen molar-refractivity contribution in [2.75, 3.05) is 13.1 Å². The van der Waals surface area contributed by atoms with Crippen molar-refractivity contribution in [3.8, 4) is 0 Å². The summed E-state index contributed by atoms with van der Waals surface area (Å²) in [6.07, 6.45) is -1.47. The maximum Gasteiger partial charge on any atom is 0.315 e. The fourth-order valence-corrected chi connectivity index (χ4v) is 6.82. The summed E-state index contributed by atoms with van der Waals surface area (Å²) in [6, 6.07) is -2.42. The molecule has 4 fully saturated rings. The number of fused-ring (bicyclic) bond motifs is 1. The van der Waals surface area contributed by atoms with Gasteiger partial charge in [-0.15, -0.1) is 0 Å². The van der Waals surface area contributed by atoms with Crippen molar-refractivity contribution >= 4 is 29.5 Å². The second-order valence-corrected chi connectivity index (χ2v) is 10.6. The predicted molar refractivity (Wildman–Crippen MR) is 113 cm³/mol. The van der Waals surface area contributed by atoms with Gasteiger partial charge < -0.3 is 27.0 Å². The topological polar surface area (TPSA) is 165 Å². The summed E-state index contributed by atoms with van der Waals surface area (Å²) >= 11 is 0. The number of hydrogen-bond donors (Lipinski definition) is 4. The van der Waals surface area contributed by atoms with Crippen LogP contribution >= 0.6 is 0 Å². The van der Waals surface area contributed by atoms with Crippen LogP contribution < -0.4 is 22.1 Å². The molecule has 2 aliphatic heterocycles. The fraction of sp³-hybridized carbons (Fsp3) is 0.773. The van der Waals surface area contributed by atoms with Crippen molar-refractivity contribution in [1.82, 2.24) is 15.5 Å². The first kappa shape index (κ1) is 24.3. The van der Waals surface area contributed by atoms with E-state index in [4.69, 9.17) is 11.5 Å². The Balaban J connectivity index is 1.67. The largest absolute Gasteiger partial charge is 0.369 e. The number of carbonyl (C=O) groups is 5. The minimum atomic E-state index is -3.28. The molecule has 2 saturated heterocycles. The molecular weight excluding hydrogens is 452 g/mol. The van der Waals surface area contributed by atoms with Crippen LogP contribution in [0.2, 0.25) is 0 Å². The highest BCUT2D eigenvalue weighted by Gasteiger charge is 2.83. The Kier molecular flexibility index (Phi) is 5.84. The van der Waals surface area contributed by atoms with Crippen LogP contribution in [0.3, 0.4) is 0 Å². The summed E-state index contributed by atoms with van der Waals surface area (Å²) in [4.78, 5) is 64.1. The van der Waals surface area contributed by atoms with Gasteiger partial charge in [-0.05, 0) is 42.9 Å². The van der Waals surface area contributed by atoms with Crippen molar-refractivity contribution < 1.29 is 32.8 Å². The smallest absolute Gasteiger partial charge is 0.315 e. The van der Waals surface area contributed by atoms with Crippen molar-refractivity contribution in [2.45, 2.75) is 58.0 Å². The number of carbonyl (C=O) groups excluding carboxylic acids is 5. The van der Waals surface area contributed by atoms with Gasteiger partial charge in [0.25, 0.3) is 5.91 Å². The van der Waals surface area contributed by atoms with Gasteiger partial charge in [-0.25, -0.2) is 0 Å². The van der Waals surface area contributed by atoms with Gasteiger partial charge in [0.2, 0.25) is 23.6 Å². The number of likely N-dealkylation sites (tertiary alicyclic amines) is 1. The van der Waals surface area contributed by atoms with Gasteiger partial charge in [0, 0.05) is 30.3 Å². The van der Waals surface area contributed by atoms with Gasteiger partial charge in [-0.1, -0.05) is 13.8 Å². The minimum Gasteiger partial charge on any atom is -0.369 e. The van der Waals surface area contributed by atoms with Crippen molar-refractivity contribution in [3.63, 3.8) is 0 Å². The standard InChI is InChI=1S/C22H31F2N5O5/c1-21(2)12-8-29(20(34)13(9-3-4-9)28-19(33)15(23)24)14(17(26)31)22(12,21)11(16(25)30)7-10-5-6-27-18(10)32/h9-15H,3-8H2,1-2H3,(H2,25,30)(H2,26,31)(H,27,32)(H,28,33)/t10-,11-,12?,13+,14?,22?/m1/s1. The Bertz CT molecular complexity index is 939. The number of hydrogen-bond acceptors (Lipinski definition) is 5. The van der Waals surface area contributed by atoms with Gasteiger partial charge in [-0.2, -0.15) is 8.78 Å². The van der Waals surface area contributed by atoms with E-state index in [1.807, 2.05) is 13.8 Å². The van der Waals surface area contributed by atoms with E-state index in [-0.39, 0.29) is 30.7 Å². The SMILES string of the molecule is CC1(C)C2CN(C(=O)[C@@H](NC(=O)C(F)F)C3CC3)C(C(N)=O)C21[C@H](C[C@H]1CCNC1=O)C(N)=O. The number of alkyl halides is 2. The number of nitrogens with zero attached hydrogens (tertiary/aromatic N) is 1. The van der Waals surface area contributed by atoms with Crippen molar-refractivity contribution in [1.29, 1.82) is 0 Å². The molecule has 10 nitrogen and oxygen atoms in total. The van der Waals surface area contributed by atoms with Crippen LogP contribution in [0.1, 0.15) is 39.5 Å². The lowest BCUT2D eigenvalue weighted by molar-refractivity contribution is -0.147. The van der Waals surface area contributed by atoms with E-state index in [1.54, 1.807) is 0 Å². The highest BCUT2D eigenvalue weighted by molar-refractivity contribution is 5.95. The Morgan fingerprint density at radius 3 is 2.29 bits per heavy atom. The third kappa shape index (κ3) is 3.52. The molecule has 4 aliphatic rings. The van der Waals surface area contributed by atoms with Gasteiger partial charge in [0.05, 0.1) is 0 Å². The zero-order valence-corrected chi connectivity index (χ0v) is 19.2. The lowest BCUT2D eigenvalue weighted by Gasteiger charge is -2.39. The summed E-state index contributed by atoms with van der Waals surface area (Å²) < 4.78 is 25.7. The van der Waals surface area contributed by atoms with E-state index in [1.165, 1.54) is 4.90 Å². The van der Waals surface area contributed by atoms with Crippen LogP contribution in [-0.4, -0.2) is 66.0 Å². The second kappa shape index (κ2) is 8.16. The maximum atomic E-state index is 13.5. The van der Waals surface area contributed by atoms with Gasteiger partial charge >= 0.3 is 6.43 Å². The molecule has 4 rings (SSSR count). The number of piperidine rings is 1. The molecule has 0 aromatic carbocycles. The lowest BCUT2D eigenvalue weighted by Crippen LogP contribution is -2.59. The first-order valence-electron chi connectivity index (χ1n) is 11.6. The lowest BCUT2D eigenvalue weighted by atomic mass is 9.72. The molecular formula is C22H31F2N5O5. The Morgan fingerprint density at radius 1 is 1.18 bits per heavy atom. The summed E-state index contributed by atoms with van der Waals surface area (Å²) in [5.41, 5.74) is 9.94. The average Bonchev–Trinajstić information content (AvgIpc) is 3.54. The number of primary amides is 2. The van der Waals surface area contributed by atoms with Gasteiger partial charge in [0.1, 0.15) is 12.1 Å². The van der Waals surface area contributed by atoms with E-state index < -0.39 is 64.8 Å². The monoisotopic (exact) mass is 483 g/mol. The zero-order chi connectivity index (χ0) is 25.2. The molecule has 34 heavy (non-hydrogen) atoms. The molecule has 6 atom stereocenters. The predicted octanol–water partition coefficient (Wildman–Crippen LogP) is -0.887. The summed E-state index contributed by atoms with van der Waals surface area (Å²) in [7, 11) is 0. The molecule has 0 aromatic rings. The highest BCUT2D eigenvalue weighted by atomic mass is 19.3. The highest BCUT2D eigenvalue weighted by Crippen LogP contribution is 2.78. The van der Waals surface area contributed by atoms with Crippen LogP contribution in [0.25, 0.3) is 0 Å². The van der Waals surface area contributed by atoms with E-state index in [2.05, 4.69) is 10.6 Å².